The van der Waals surface area contributed by atoms with Crippen molar-refractivity contribution in [3.63, 3.8) is 0 Å². The Morgan fingerprint density at radius 1 is 1.19 bits per heavy atom. The first-order chi connectivity index (χ1) is 14.9. The molecule has 3 N–H and O–H groups in total. The first kappa shape index (κ1) is 20.8. The van der Waals surface area contributed by atoms with Crippen LogP contribution in [0.3, 0.4) is 0 Å². The largest absolute Gasteiger partial charge is 0.393 e. The van der Waals surface area contributed by atoms with Crippen molar-refractivity contribution in [1.29, 1.82) is 0 Å². The molecule has 1 aromatic carbocycles. The van der Waals surface area contributed by atoms with Gasteiger partial charge in [0.15, 0.2) is 5.78 Å². The quantitative estimate of drug-likeness (QED) is 0.698. The molecule has 1 aromatic rings. The summed E-state index contributed by atoms with van der Waals surface area (Å²) in [5.74, 6) is -0.695. The number of aliphatic imine (C=N–C) groups is 1. The third kappa shape index (κ3) is 3.17. The van der Waals surface area contributed by atoms with Crippen LogP contribution in [0.15, 0.2) is 59.1 Å². The third-order valence-electron chi connectivity index (χ3n) is 8.55. The van der Waals surface area contributed by atoms with E-state index in [1.165, 1.54) is 5.57 Å². The normalized spacial score (nSPS) is 42.5. The van der Waals surface area contributed by atoms with Gasteiger partial charge in [0.25, 0.3) is 0 Å². The summed E-state index contributed by atoms with van der Waals surface area (Å²) in [6, 6.07) is 9.90. The number of carbonyl (C=O) groups excluding carboxylic acids is 1. The molecule has 0 heterocycles. The highest BCUT2D eigenvalue weighted by molar-refractivity contribution is 6.07. The first-order valence-electron chi connectivity index (χ1n) is 11.4. The minimum absolute atomic E-state index is 0.00689. The topological polar surface area (TPSA) is 90.1 Å². The molecule has 4 aliphatic carbocycles. The van der Waals surface area contributed by atoms with Crippen LogP contribution >= 0.6 is 0 Å². The van der Waals surface area contributed by atoms with E-state index in [1.807, 2.05) is 30.3 Å². The van der Waals surface area contributed by atoms with Gasteiger partial charge < -0.3 is 15.3 Å². The lowest BCUT2D eigenvalue weighted by molar-refractivity contribution is -0.173. The van der Waals surface area contributed by atoms with Gasteiger partial charge in [-0.2, -0.15) is 0 Å². The SMILES string of the molecule is CC12C=CC(=Nc3ccccc3)C=C1CCC1C2C(O)CC2(O)C(C(=O)CO)CCC12. The maximum Gasteiger partial charge on any atom is 0.164 e. The lowest BCUT2D eigenvalue weighted by Gasteiger charge is -2.58. The van der Waals surface area contributed by atoms with E-state index in [1.54, 1.807) is 0 Å². The minimum Gasteiger partial charge on any atom is -0.393 e. The highest BCUT2D eigenvalue weighted by Gasteiger charge is 2.63. The van der Waals surface area contributed by atoms with Gasteiger partial charge in [0, 0.05) is 23.7 Å². The van der Waals surface area contributed by atoms with Gasteiger partial charge in [-0.25, -0.2) is 4.99 Å². The number of benzene rings is 1. The number of rotatable bonds is 3. The molecule has 164 valence electrons. The van der Waals surface area contributed by atoms with Crippen molar-refractivity contribution in [1.82, 2.24) is 0 Å². The van der Waals surface area contributed by atoms with Gasteiger partial charge in [-0.1, -0.05) is 36.8 Å². The molecular formula is C26H31NO4. The Morgan fingerprint density at radius 2 is 1.97 bits per heavy atom. The van der Waals surface area contributed by atoms with E-state index in [0.29, 0.717) is 6.42 Å². The van der Waals surface area contributed by atoms with Crippen LogP contribution in [0.2, 0.25) is 0 Å². The monoisotopic (exact) mass is 421 g/mol. The van der Waals surface area contributed by atoms with E-state index in [9.17, 15) is 20.1 Å². The summed E-state index contributed by atoms with van der Waals surface area (Å²) < 4.78 is 0. The maximum atomic E-state index is 12.3. The number of nitrogens with zero attached hydrogens (tertiary/aromatic N) is 1. The van der Waals surface area contributed by atoms with Crippen LogP contribution in [0.1, 0.15) is 39.0 Å². The summed E-state index contributed by atoms with van der Waals surface area (Å²) >= 11 is 0. The maximum absolute atomic E-state index is 12.3. The highest BCUT2D eigenvalue weighted by Crippen LogP contribution is 2.63. The Bertz CT molecular complexity index is 967. The zero-order valence-corrected chi connectivity index (χ0v) is 17.9. The van der Waals surface area contributed by atoms with Crippen molar-refractivity contribution >= 4 is 17.2 Å². The van der Waals surface area contributed by atoms with Crippen LogP contribution in [0.5, 0.6) is 0 Å². The van der Waals surface area contributed by atoms with E-state index >= 15 is 0 Å². The van der Waals surface area contributed by atoms with Crippen LogP contribution in [0.25, 0.3) is 0 Å². The molecule has 0 aromatic heterocycles. The van der Waals surface area contributed by atoms with Crippen molar-refractivity contribution < 1.29 is 20.1 Å². The molecule has 5 rings (SSSR count). The van der Waals surface area contributed by atoms with E-state index in [4.69, 9.17) is 4.99 Å². The van der Waals surface area contributed by atoms with E-state index in [-0.39, 0.29) is 35.4 Å². The minimum atomic E-state index is -1.20. The van der Waals surface area contributed by atoms with Gasteiger partial charge >= 0.3 is 0 Å². The van der Waals surface area contributed by atoms with Crippen LogP contribution in [-0.2, 0) is 4.79 Å². The Kier molecular flexibility index (Phi) is 5.04. The molecule has 0 bridgehead atoms. The summed E-state index contributed by atoms with van der Waals surface area (Å²) in [7, 11) is 0. The molecule has 0 radical (unpaired) electrons. The first-order valence-corrected chi connectivity index (χ1v) is 11.4. The number of Topliss-reactive ketones (excluding diaryl/α,β-unsaturated/α-hetero) is 1. The lowest BCUT2D eigenvalue weighted by atomic mass is 9.49. The third-order valence-corrected chi connectivity index (χ3v) is 8.55. The van der Waals surface area contributed by atoms with Gasteiger partial charge in [0.05, 0.1) is 23.1 Å². The second kappa shape index (κ2) is 7.51. The molecule has 0 saturated heterocycles. The van der Waals surface area contributed by atoms with Gasteiger partial charge in [0.2, 0.25) is 0 Å². The predicted molar refractivity (Wildman–Crippen MR) is 119 cm³/mol. The summed E-state index contributed by atoms with van der Waals surface area (Å²) in [5.41, 5.74) is 1.66. The van der Waals surface area contributed by atoms with E-state index in [0.717, 1.165) is 30.7 Å². The van der Waals surface area contributed by atoms with Crippen molar-refractivity contribution in [2.45, 2.75) is 50.7 Å². The Balaban J connectivity index is 1.46. The summed E-state index contributed by atoms with van der Waals surface area (Å²) in [5, 5.41) is 32.2. The fourth-order valence-electron chi connectivity index (χ4n) is 7.21. The molecule has 31 heavy (non-hydrogen) atoms. The number of aliphatic hydroxyl groups is 3. The molecule has 0 spiro atoms. The van der Waals surface area contributed by atoms with Crippen molar-refractivity contribution in [3.8, 4) is 0 Å². The summed E-state index contributed by atoms with van der Waals surface area (Å²) in [6.45, 7) is 1.66. The Hall–Kier alpha value is -2.08. The lowest BCUT2D eigenvalue weighted by Crippen LogP contribution is -2.60. The van der Waals surface area contributed by atoms with Crippen molar-refractivity contribution in [3.05, 3.63) is 54.1 Å². The van der Waals surface area contributed by atoms with Crippen LogP contribution < -0.4 is 0 Å². The fourth-order valence-corrected chi connectivity index (χ4v) is 7.21. The number of hydrogen-bond donors (Lipinski definition) is 3. The average Bonchev–Trinajstić information content (AvgIpc) is 3.10. The van der Waals surface area contributed by atoms with Crippen molar-refractivity contribution in [2.24, 2.45) is 34.1 Å². The average molecular weight is 422 g/mol. The van der Waals surface area contributed by atoms with Gasteiger partial charge in [0.1, 0.15) is 6.61 Å². The smallest absolute Gasteiger partial charge is 0.164 e. The molecule has 3 fully saturated rings. The zero-order chi connectivity index (χ0) is 21.8. The number of fused-ring (bicyclic) bond motifs is 5. The molecule has 5 nitrogen and oxygen atoms in total. The molecule has 0 aliphatic heterocycles. The Morgan fingerprint density at radius 3 is 2.71 bits per heavy atom. The zero-order valence-electron chi connectivity index (χ0n) is 17.9. The van der Waals surface area contributed by atoms with Gasteiger partial charge in [-0.15, -0.1) is 0 Å². The van der Waals surface area contributed by atoms with Gasteiger partial charge in [-0.3, -0.25) is 4.79 Å². The molecule has 4 aliphatic rings. The van der Waals surface area contributed by atoms with Crippen LogP contribution in [0, 0.1) is 29.1 Å². The van der Waals surface area contributed by atoms with Crippen LogP contribution in [0.4, 0.5) is 5.69 Å². The number of aliphatic hydroxyl groups excluding tert-OH is 2. The second-order valence-corrected chi connectivity index (χ2v) is 10.0. The number of carbonyl (C=O) groups is 1. The van der Waals surface area contributed by atoms with E-state index in [2.05, 4.69) is 25.2 Å². The number of ketones is 1. The highest BCUT2D eigenvalue weighted by atomic mass is 16.3. The summed E-state index contributed by atoms with van der Waals surface area (Å²) in [4.78, 5) is 17.0. The predicted octanol–water partition coefficient (Wildman–Crippen LogP) is 3.37. The molecule has 3 saturated carbocycles. The Labute approximate surface area is 183 Å². The molecule has 0 amide bonds. The molecule has 7 atom stereocenters. The van der Waals surface area contributed by atoms with Gasteiger partial charge in [-0.05, 0) is 61.8 Å². The number of allylic oxidation sites excluding steroid dienone is 4. The van der Waals surface area contributed by atoms with Crippen LogP contribution in [-0.4, -0.2) is 45.1 Å². The standard InChI is InChI=1S/C26H31NO4/c1-25-12-11-18(27-17-5-3-2-4-6-17)13-16(25)7-8-19-20-9-10-21(23(30)15-28)26(20,31)14-22(29)24(19)25/h2-6,11-13,19-22,24,28-29,31H,7-10,14-15H2,1H3. The number of hydrogen-bond acceptors (Lipinski definition) is 5. The molecular weight excluding hydrogens is 390 g/mol. The molecule has 5 heteroatoms. The molecule has 7 unspecified atom stereocenters. The van der Waals surface area contributed by atoms with E-state index < -0.39 is 24.2 Å². The second-order valence-electron chi connectivity index (χ2n) is 10.0. The summed E-state index contributed by atoms with van der Waals surface area (Å²) in [6.07, 6.45) is 9.10. The fraction of sp³-hybridized carbons (Fsp3) is 0.538. The number of para-hydroxylation sites is 1. The van der Waals surface area contributed by atoms with Crippen molar-refractivity contribution in [2.75, 3.05) is 6.61 Å².